The van der Waals surface area contributed by atoms with Crippen molar-refractivity contribution in [2.75, 3.05) is 5.73 Å². The number of hydrogen-bond acceptors (Lipinski definition) is 2. The molecule has 0 radical (unpaired) electrons. The van der Waals surface area contributed by atoms with Crippen molar-refractivity contribution in [2.24, 2.45) is 0 Å². The van der Waals surface area contributed by atoms with Gasteiger partial charge in [0.2, 0.25) is 5.95 Å². The molecular formula is C10H10F3N3. The molecule has 0 bridgehead atoms. The van der Waals surface area contributed by atoms with Crippen molar-refractivity contribution in [1.82, 2.24) is 9.55 Å². The van der Waals surface area contributed by atoms with Crippen LogP contribution < -0.4 is 5.73 Å². The monoisotopic (exact) mass is 229 g/mol. The predicted molar refractivity (Wildman–Crippen MR) is 54.8 cm³/mol. The molecule has 1 heterocycles. The van der Waals surface area contributed by atoms with Crippen molar-refractivity contribution < 1.29 is 13.2 Å². The number of anilines is 1. The number of benzene rings is 1. The SMILES string of the molecule is Nc1nc2ccccc2n1CCC(F)(F)F. The van der Waals surface area contributed by atoms with E-state index in [1.54, 1.807) is 24.3 Å². The lowest BCUT2D eigenvalue weighted by Crippen LogP contribution is -2.13. The Bertz CT molecular complexity index is 501. The summed E-state index contributed by atoms with van der Waals surface area (Å²) in [6.07, 6.45) is -5.09. The van der Waals surface area contributed by atoms with Crippen LogP contribution in [-0.2, 0) is 6.54 Å². The zero-order valence-corrected chi connectivity index (χ0v) is 8.33. The van der Waals surface area contributed by atoms with E-state index in [-0.39, 0.29) is 12.5 Å². The zero-order chi connectivity index (χ0) is 11.8. The van der Waals surface area contributed by atoms with Gasteiger partial charge in [0.15, 0.2) is 0 Å². The molecule has 0 saturated heterocycles. The van der Waals surface area contributed by atoms with E-state index >= 15 is 0 Å². The van der Waals surface area contributed by atoms with E-state index in [4.69, 9.17) is 5.73 Å². The third-order valence-electron chi connectivity index (χ3n) is 2.30. The Labute approximate surface area is 89.7 Å². The summed E-state index contributed by atoms with van der Waals surface area (Å²) in [4.78, 5) is 3.99. The molecule has 0 aliphatic heterocycles. The molecule has 0 spiro atoms. The fourth-order valence-corrected chi connectivity index (χ4v) is 1.57. The van der Waals surface area contributed by atoms with Crippen molar-refractivity contribution in [2.45, 2.75) is 19.1 Å². The third kappa shape index (κ3) is 2.10. The van der Waals surface area contributed by atoms with E-state index in [0.717, 1.165) is 0 Å². The fourth-order valence-electron chi connectivity index (χ4n) is 1.57. The molecule has 86 valence electrons. The maximum absolute atomic E-state index is 12.1. The second-order valence-corrected chi connectivity index (χ2v) is 3.48. The number of aromatic nitrogens is 2. The number of alkyl halides is 3. The molecule has 6 heteroatoms. The van der Waals surface area contributed by atoms with Crippen LogP contribution in [0.25, 0.3) is 11.0 Å². The highest BCUT2D eigenvalue weighted by Crippen LogP contribution is 2.23. The standard InChI is InChI=1S/C10H10F3N3/c11-10(12,13)5-6-16-8-4-2-1-3-7(8)15-9(16)14/h1-4H,5-6H2,(H2,14,15). The Kier molecular flexibility index (Phi) is 2.49. The maximum Gasteiger partial charge on any atom is 0.390 e. The Morgan fingerprint density at radius 1 is 1.25 bits per heavy atom. The van der Waals surface area contributed by atoms with Gasteiger partial charge in [-0.1, -0.05) is 12.1 Å². The molecule has 0 aliphatic carbocycles. The van der Waals surface area contributed by atoms with Crippen LogP contribution in [0.5, 0.6) is 0 Å². The van der Waals surface area contributed by atoms with Gasteiger partial charge in [-0.05, 0) is 12.1 Å². The molecule has 3 nitrogen and oxygen atoms in total. The Balaban J connectivity index is 2.33. The quantitative estimate of drug-likeness (QED) is 0.860. The van der Waals surface area contributed by atoms with Crippen molar-refractivity contribution in [3.05, 3.63) is 24.3 Å². The Morgan fingerprint density at radius 2 is 1.94 bits per heavy atom. The van der Waals surface area contributed by atoms with Gasteiger partial charge in [0.1, 0.15) is 0 Å². The minimum atomic E-state index is -4.18. The number of halogens is 3. The van der Waals surface area contributed by atoms with E-state index in [2.05, 4.69) is 4.98 Å². The molecular weight excluding hydrogens is 219 g/mol. The number of hydrogen-bond donors (Lipinski definition) is 1. The second-order valence-electron chi connectivity index (χ2n) is 3.48. The van der Waals surface area contributed by atoms with Crippen molar-refractivity contribution >= 4 is 17.0 Å². The van der Waals surface area contributed by atoms with Crippen LogP contribution in [0.3, 0.4) is 0 Å². The summed E-state index contributed by atoms with van der Waals surface area (Å²) < 4.78 is 37.7. The normalized spacial score (nSPS) is 12.2. The summed E-state index contributed by atoms with van der Waals surface area (Å²) in [6.45, 7) is -0.199. The second kappa shape index (κ2) is 3.70. The fraction of sp³-hybridized carbons (Fsp3) is 0.300. The summed E-state index contributed by atoms with van der Waals surface area (Å²) in [5, 5.41) is 0. The molecule has 2 N–H and O–H groups in total. The number of rotatable bonds is 2. The molecule has 0 unspecified atom stereocenters. The molecule has 2 rings (SSSR count). The smallest absolute Gasteiger partial charge is 0.369 e. The van der Waals surface area contributed by atoms with Gasteiger partial charge >= 0.3 is 6.18 Å². The first-order valence-corrected chi connectivity index (χ1v) is 4.75. The first kappa shape index (κ1) is 10.8. The number of aryl methyl sites for hydroxylation is 1. The number of nitrogen functional groups attached to an aromatic ring is 1. The Morgan fingerprint density at radius 3 is 2.62 bits per heavy atom. The minimum Gasteiger partial charge on any atom is -0.369 e. The predicted octanol–water partition coefficient (Wildman–Crippen LogP) is 2.57. The molecule has 16 heavy (non-hydrogen) atoms. The average molecular weight is 229 g/mol. The molecule has 0 saturated carbocycles. The van der Waals surface area contributed by atoms with Gasteiger partial charge < -0.3 is 10.3 Å². The maximum atomic E-state index is 12.1. The summed E-state index contributed by atoms with van der Waals surface area (Å²) >= 11 is 0. The van der Waals surface area contributed by atoms with Gasteiger partial charge in [-0.15, -0.1) is 0 Å². The van der Waals surface area contributed by atoms with Crippen LogP contribution >= 0.6 is 0 Å². The lowest BCUT2D eigenvalue weighted by atomic mass is 10.3. The van der Waals surface area contributed by atoms with Gasteiger partial charge in [-0.2, -0.15) is 13.2 Å². The minimum absolute atomic E-state index is 0.116. The molecule has 1 aromatic carbocycles. The van der Waals surface area contributed by atoms with Crippen LogP contribution in [0.1, 0.15) is 6.42 Å². The summed E-state index contributed by atoms with van der Waals surface area (Å²) in [5.74, 6) is 0.116. The van der Waals surface area contributed by atoms with Crippen LogP contribution in [0, 0.1) is 0 Å². The summed E-state index contributed by atoms with van der Waals surface area (Å²) in [6, 6.07) is 6.93. The first-order chi connectivity index (χ1) is 7.47. The highest BCUT2D eigenvalue weighted by atomic mass is 19.4. The third-order valence-corrected chi connectivity index (χ3v) is 2.30. The van der Waals surface area contributed by atoms with E-state index in [1.165, 1.54) is 4.57 Å². The van der Waals surface area contributed by atoms with Crippen LogP contribution in [0.15, 0.2) is 24.3 Å². The molecule has 0 atom stereocenters. The highest BCUT2D eigenvalue weighted by molar-refractivity contribution is 5.78. The van der Waals surface area contributed by atoms with E-state index < -0.39 is 12.6 Å². The van der Waals surface area contributed by atoms with Crippen LogP contribution in [0.2, 0.25) is 0 Å². The number of fused-ring (bicyclic) bond motifs is 1. The highest BCUT2D eigenvalue weighted by Gasteiger charge is 2.27. The lowest BCUT2D eigenvalue weighted by Gasteiger charge is -2.08. The van der Waals surface area contributed by atoms with Crippen molar-refractivity contribution in [1.29, 1.82) is 0 Å². The molecule has 1 aromatic heterocycles. The molecule has 2 aromatic rings. The topological polar surface area (TPSA) is 43.8 Å². The van der Waals surface area contributed by atoms with Gasteiger partial charge in [-0.25, -0.2) is 4.98 Å². The van der Waals surface area contributed by atoms with Gasteiger partial charge in [0, 0.05) is 6.54 Å². The first-order valence-electron chi connectivity index (χ1n) is 4.75. The van der Waals surface area contributed by atoms with E-state index in [1.807, 2.05) is 0 Å². The summed E-state index contributed by atoms with van der Waals surface area (Å²) in [5.41, 5.74) is 6.81. The lowest BCUT2D eigenvalue weighted by molar-refractivity contribution is -0.136. The van der Waals surface area contributed by atoms with Gasteiger partial charge in [0.05, 0.1) is 17.5 Å². The number of nitrogens with two attached hydrogens (primary N) is 1. The van der Waals surface area contributed by atoms with Crippen LogP contribution in [-0.4, -0.2) is 15.7 Å². The Hall–Kier alpha value is -1.72. The van der Waals surface area contributed by atoms with Crippen LogP contribution in [0.4, 0.5) is 19.1 Å². The molecule has 0 fully saturated rings. The van der Waals surface area contributed by atoms with Gasteiger partial charge in [0.25, 0.3) is 0 Å². The number of imidazole rings is 1. The molecule has 0 aliphatic rings. The van der Waals surface area contributed by atoms with Crippen molar-refractivity contribution in [3.8, 4) is 0 Å². The van der Waals surface area contributed by atoms with Gasteiger partial charge in [-0.3, -0.25) is 0 Å². The number of para-hydroxylation sites is 2. The van der Waals surface area contributed by atoms with Crippen molar-refractivity contribution in [3.63, 3.8) is 0 Å². The number of nitrogens with zero attached hydrogens (tertiary/aromatic N) is 2. The largest absolute Gasteiger partial charge is 0.390 e. The van der Waals surface area contributed by atoms with E-state index in [0.29, 0.717) is 11.0 Å². The van der Waals surface area contributed by atoms with E-state index in [9.17, 15) is 13.2 Å². The zero-order valence-electron chi connectivity index (χ0n) is 8.33. The molecule has 0 amide bonds. The summed E-state index contributed by atoms with van der Waals surface area (Å²) in [7, 11) is 0. The average Bonchev–Trinajstić information content (AvgIpc) is 2.49.